The third kappa shape index (κ3) is 2.08. The van der Waals surface area contributed by atoms with Crippen molar-refractivity contribution in [3.05, 3.63) is 34.9 Å². The number of ketones is 1. The minimum atomic E-state index is -0.0257. The molecule has 0 heterocycles. The van der Waals surface area contributed by atoms with Gasteiger partial charge in [-0.15, -0.1) is 0 Å². The molecule has 0 saturated heterocycles. The summed E-state index contributed by atoms with van der Waals surface area (Å²) in [5.74, 6) is 0.152. The van der Waals surface area contributed by atoms with Gasteiger partial charge in [-0.2, -0.15) is 0 Å². The maximum absolute atomic E-state index is 11.0. The molecular weight excluding hydrogens is 172 g/mol. The molecule has 0 aromatic heterocycles. The molecule has 1 nitrogen and oxygen atoms in total. The van der Waals surface area contributed by atoms with Gasteiger partial charge in [0.25, 0.3) is 0 Å². The first-order valence-corrected chi connectivity index (χ1v) is 4.25. The highest BCUT2D eigenvalue weighted by Gasteiger charge is 2.09. The van der Waals surface area contributed by atoms with Crippen molar-refractivity contribution in [1.29, 1.82) is 0 Å². The maximum atomic E-state index is 11.0. The van der Waals surface area contributed by atoms with Crippen LogP contribution in [0.25, 0.3) is 0 Å². The molecule has 1 aromatic carbocycles. The molecule has 1 rings (SSSR count). The van der Waals surface area contributed by atoms with Crippen molar-refractivity contribution in [1.82, 2.24) is 0 Å². The first kappa shape index (κ1) is 9.27. The van der Waals surface area contributed by atoms with Gasteiger partial charge in [0.2, 0.25) is 0 Å². The second-order valence-electron chi connectivity index (χ2n) is 2.88. The highest BCUT2D eigenvalue weighted by molar-refractivity contribution is 6.30. The van der Waals surface area contributed by atoms with E-state index in [1.807, 2.05) is 19.1 Å². The van der Waals surface area contributed by atoms with Gasteiger partial charge in [0.1, 0.15) is 5.78 Å². The Morgan fingerprint density at radius 1 is 1.33 bits per heavy atom. The van der Waals surface area contributed by atoms with E-state index in [9.17, 15) is 4.79 Å². The van der Waals surface area contributed by atoms with Gasteiger partial charge in [-0.05, 0) is 24.6 Å². The summed E-state index contributed by atoms with van der Waals surface area (Å²) in [6, 6.07) is 7.37. The molecule has 1 aromatic rings. The Bertz CT molecular complexity index is 276. The molecular formula is C10H11ClO. The van der Waals surface area contributed by atoms with E-state index in [2.05, 4.69) is 0 Å². The van der Waals surface area contributed by atoms with E-state index in [4.69, 9.17) is 11.6 Å². The summed E-state index contributed by atoms with van der Waals surface area (Å²) in [5.41, 5.74) is 1.02. The van der Waals surface area contributed by atoms with Gasteiger partial charge in [-0.25, -0.2) is 0 Å². The lowest BCUT2D eigenvalue weighted by atomic mass is 9.98. The highest BCUT2D eigenvalue weighted by atomic mass is 35.5. The molecule has 0 saturated carbocycles. The lowest BCUT2D eigenvalue weighted by molar-refractivity contribution is -0.118. The molecule has 0 amide bonds. The van der Waals surface area contributed by atoms with E-state index in [1.165, 1.54) is 0 Å². The van der Waals surface area contributed by atoms with Crippen LogP contribution in [-0.2, 0) is 4.79 Å². The molecule has 0 fully saturated rings. The van der Waals surface area contributed by atoms with Crippen molar-refractivity contribution in [2.75, 3.05) is 0 Å². The fraction of sp³-hybridized carbons (Fsp3) is 0.300. The normalized spacial score (nSPS) is 12.6. The summed E-state index contributed by atoms with van der Waals surface area (Å²) >= 11 is 5.71. The van der Waals surface area contributed by atoms with Crippen LogP contribution in [0.4, 0.5) is 0 Å². The van der Waals surface area contributed by atoms with Crippen molar-refractivity contribution < 1.29 is 4.79 Å². The van der Waals surface area contributed by atoms with Crippen LogP contribution in [0, 0.1) is 0 Å². The smallest absolute Gasteiger partial charge is 0.136 e. The topological polar surface area (TPSA) is 17.1 Å². The maximum Gasteiger partial charge on any atom is 0.136 e. The Morgan fingerprint density at radius 2 is 1.83 bits per heavy atom. The second kappa shape index (κ2) is 3.72. The molecule has 0 aliphatic heterocycles. The third-order valence-corrected chi connectivity index (χ3v) is 2.23. The van der Waals surface area contributed by atoms with Crippen LogP contribution in [0.5, 0.6) is 0 Å². The average molecular weight is 183 g/mol. The second-order valence-corrected chi connectivity index (χ2v) is 3.32. The summed E-state index contributed by atoms with van der Waals surface area (Å²) in [6.07, 6.45) is 0. The van der Waals surface area contributed by atoms with Gasteiger partial charge >= 0.3 is 0 Å². The standard InChI is InChI=1S/C10H11ClO/c1-7(8(2)12)9-3-5-10(11)6-4-9/h3-7H,1-2H3. The zero-order valence-electron chi connectivity index (χ0n) is 7.17. The lowest BCUT2D eigenvalue weighted by Gasteiger charge is -2.06. The predicted octanol–water partition coefficient (Wildman–Crippen LogP) is 3.03. The van der Waals surface area contributed by atoms with Crippen molar-refractivity contribution in [3.63, 3.8) is 0 Å². The SMILES string of the molecule is CC(=O)C(C)c1ccc(Cl)cc1. The van der Waals surface area contributed by atoms with Crippen molar-refractivity contribution in [3.8, 4) is 0 Å². The molecule has 2 heteroatoms. The summed E-state index contributed by atoms with van der Waals surface area (Å²) in [7, 11) is 0. The predicted molar refractivity (Wildman–Crippen MR) is 50.5 cm³/mol. The zero-order chi connectivity index (χ0) is 9.14. The van der Waals surface area contributed by atoms with Gasteiger partial charge in [0.05, 0.1) is 0 Å². The summed E-state index contributed by atoms with van der Waals surface area (Å²) < 4.78 is 0. The average Bonchev–Trinajstić information content (AvgIpc) is 2.04. The van der Waals surface area contributed by atoms with Gasteiger partial charge in [0, 0.05) is 10.9 Å². The number of carbonyl (C=O) groups is 1. The van der Waals surface area contributed by atoms with E-state index in [0.717, 1.165) is 5.56 Å². The number of benzene rings is 1. The Kier molecular flexibility index (Phi) is 2.88. The highest BCUT2D eigenvalue weighted by Crippen LogP contribution is 2.18. The largest absolute Gasteiger partial charge is 0.299 e. The number of hydrogen-bond donors (Lipinski definition) is 0. The fourth-order valence-corrected chi connectivity index (χ4v) is 1.11. The van der Waals surface area contributed by atoms with Crippen LogP contribution >= 0.6 is 11.6 Å². The van der Waals surface area contributed by atoms with E-state index in [1.54, 1.807) is 19.1 Å². The number of rotatable bonds is 2. The van der Waals surface area contributed by atoms with Crippen LogP contribution in [0.3, 0.4) is 0 Å². The van der Waals surface area contributed by atoms with Crippen molar-refractivity contribution >= 4 is 17.4 Å². The quantitative estimate of drug-likeness (QED) is 0.687. The Labute approximate surface area is 77.4 Å². The number of halogens is 1. The molecule has 0 aliphatic rings. The van der Waals surface area contributed by atoms with E-state index >= 15 is 0 Å². The Balaban J connectivity index is 2.89. The first-order valence-electron chi connectivity index (χ1n) is 3.87. The van der Waals surface area contributed by atoms with Gasteiger partial charge in [0.15, 0.2) is 0 Å². The van der Waals surface area contributed by atoms with Crippen molar-refractivity contribution in [2.24, 2.45) is 0 Å². The molecule has 1 unspecified atom stereocenters. The van der Waals surface area contributed by atoms with Crippen LogP contribution in [0.2, 0.25) is 5.02 Å². The monoisotopic (exact) mass is 182 g/mol. The molecule has 0 N–H and O–H groups in total. The van der Waals surface area contributed by atoms with E-state index in [0.29, 0.717) is 5.02 Å². The Hall–Kier alpha value is -0.820. The minimum absolute atomic E-state index is 0.0257. The number of Topliss-reactive ketones (excluding diaryl/α,β-unsaturated/α-hetero) is 1. The van der Waals surface area contributed by atoms with E-state index in [-0.39, 0.29) is 11.7 Å². The number of carbonyl (C=O) groups excluding carboxylic acids is 1. The Morgan fingerprint density at radius 3 is 2.25 bits per heavy atom. The van der Waals surface area contributed by atoms with Gasteiger partial charge < -0.3 is 0 Å². The van der Waals surface area contributed by atoms with Crippen LogP contribution in [-0.4, -0.2) is 5.78 Å². The lowest BCUT2D eigenvalue weighted by Crippen LogP contribution is -2.03. The van der Waals surface area contributed by atoms with Crippen LogP contribution in [0.1, 0.15) is 25.3 Å². The van der Waals surface area contributed by atoms with Crippen molar-refractivity contribution in [2.45, 2.75) is 19.8 Å². The summed E-state index contributed by atoms with van der Waals surface area (Å²) in [4.78, 5) is 11.0. The van der Waals surface area contributed by atoms with E-state index < -0.39 is 0 Å². The third-order valence-electron chi connectivity index (χ3n) is 1.98. The van der Waals surface area contributed by atoms with Gasteiger partial charge in [-0.1, -0.05) is 30.7 Å². The molecule has 64 valence electrons. The molecule has 0 bridgehead atoms. The molecule has 12 heavy (non-hydrogen) atoms. The summed E-state index contributed by atoms with van der Waals surface area (Å²) in [6.45, 7) is 3.49. The number of hydrogen-bond acceptors (Lipinski definition) is 1. The van der Waals surface area contributed by atoms with Gasteiger partial charge in [-0.3, -0.25) is 4.79 Å². The van der Waals surface area contributed by atoms with Crippen LogP contribution in [0.15, 0.2) is 24.3 Å². The van der Waals surface area contributed by atoms with Crippen LogP contribution < -0.4 is 0 Å². The first-order chi connectivity index (χ1) is 5.61. The molecule has 0 spiro atoms. The molecule has 0 aliphatic carbocycles. The fourth-order valence-electron chi connectivity index (χ4n) is 0.986. The molecule has 1 atom stereocenters. The molecule has 0 radical (unpaired) electrons. The zero-order valence-corrected chi connectivity index (χ0v) is 7.93. The minimum Gasteiger partial charge on any atom is -0.299 e. The summed E-state index contributed by atoms with van der Waals surface area (Å²) in [5, 5.41) is 0.703.